The third kappa shape index (κ3) is 8.48. The molecule has 222 valence electrons. The summed E-state index contributed by atoms with van der Waals surface area (Å²) in [6.07, 6.45) is -4.96. The number of ketones is 1. The summed E-state index contributed by atoms with van der Waals surface area (Å²) in [5, 5.41) is 15.6. The van der Waals surface area contributed by atoms with Crippen molar-refractivity contribution >= 4 is 34.9 Å². The number of ether oxygens (including phenoxy) is 1. The molecule has 1 aromatic rings. The molecule has 0 bridgehead atoms. The maximum atomic E-state index is 14.9. The summed E-state index contributed by atoms with van der Waals surface area (Å²) >= 11 is 0. The normalized spacial score (nSPS) is 17.4. The van der Waals surface area contributed by atoms with E-state index >= 15 is 0 Å². The Bertz CT molecular complexity index is 1170. The average Bonchev–Trinajstić information content (AvgIpc) is 2.83. The van der Waals surface area contributed by atoms with Gasteiger partial charge in [-0.25, -0.2) is 8.78 Å². The number of halogens is 5. The lowest BCUT2D eigenvalue weighted by Gasteiger charge is -2.48. The van der Waals surface area contributed by atoms with E-state index in [-0.39, 0.29) is 54.3 Å². The van der Waals surface area contributed by atoms with E-state index in [4.69, 9.17) is 15.6 Å². The molecule has 0 saturated carbocycles. The van der Waals surface area contributed by atoms with Gasteiger partial charge in [-0.2, -0.15) is 13.2 Å². The lowest BCUT2D eigenvalue weighted by Crippen LogP contribution is -2.55. The van der Waals surface area contributed by atoms with Gasteiger partial charge < -0.3 is 14.5 Å². The van der Waals surface area contributed by atoms with Crippen molar-refractivity contribution in [2.45, 2.75) is 79.9 Å². The van der Waals surface area contributed by atoms with Gasteiger partial charge in [-0.15, -0.1) is 5.73 Å². The number of carbonyl (C=O) groups excluding carboxylic acids is 2. The van der Waals surface area contributed by atoms with E-state index in [2.05, 4.69) is 0 Å². The molecule has 40 heavy (non-hydrogen) atoms. The third-order valence-electron chi connectivity index (χ3n) is 6.22. The minimum absolute atomic E-state index is 0.0480. The first-order valence-corrected chi connectivity index (χ1v) is 13.1. The molecule has 2 N–H and O–H groups in total. The van der Waals surface area contributed by atoms with E-state index < -0.39 is 47.3 Å². The second-order valence-electron chi connectivity index (χ2n) is 8.85. The molecule has 1 aliphatic carbocycles. The second-order valence-corrected chi connectivity index (χ2v) is 8.85. The summed E-state index contributed by atoms with van der Waals surface area (Å²) in [7, 11) is 0. The Hall–Kier alpha value is -3.53. The zero-order valence-electron chi connectivity index (χ0n) is 23.9. The van der Waals surface area contributed by atoms with Crippen LogP contribution in [0.5, 0.6) is 0 Å². The van der Waals surface area contributed by atoms with Gasteiger partial charge in [-0.3, -0.25) is 20.4 Å². The van der Waals surface area contributed by atoms with Crippen molar-refractivity contribution in [3.63, 3.8) is 0 Å². The first kappa shape index (κ1) is 34.5. The zero-order chi connectivity index (χ0) is 30.9. The van der Waals surface area contributed by atoms with Crippen molar-refractivity contribution in [2.24, 2.45) is 5.92 Å². The van der Waals surface area contributed by atoms with Gasteiger partial charge in [0.25, 0.3) is 0 Å². The van der Waals surface area contributed by atoms with Crippen molar-refractivity contribution in [3.8, 4) is 0 Å². The fourth-order valence-corrected chi connectivity index (χ4v) is 4.05. The van der Waals surface area contributed by atoms with Crippen LogP contribution in [0, 0.1) is 28.4 Å². The first-order chi connectivity index (χ1) is 18.7. The van der Waals surface area contributed by atoms with Crippen LogP contribution in [0.2, 0.25) is 0 Å². The van der Waals surface area contributed by atoms with Crippen LogP contribution in [-0.4, -0.2) is 48.8 Å². The molecule has 1 aliphatic heterocycles. The van der Waals surface area contributed by atoms with Gasteiger partial charge >= 0.3 is 6.18 Å². The van der Waals surface area contributed by atoms with E-state index in [9.17, 15) is 31.5 Å². The summed E-state index contributed by atoms with van der Waals surface area (Å²) in [6.45, 7) is 12.4. The Kier molecular flexibility index (Phi) is 12.7. The van der Waals surface area contributed by atoms with Crippen LogP contribution in [0.1, 0.15) is 67.7 Å². The molecule has 1 saturated heterocycles. The van der Waals surface area contributed by atoms with Crippen LogP contribution in [0.4, 0.5) is 33.3 Å². The van der Waals surface area contributed by atoms with Gasteiger partial charge in [-0.1, -0.05) is 27.7 Å². The number of nitrogens with one attached hydrogen (secondary N) is 2. The van der Waals surface area contributed by atoms with E-state index in [1.54, 1.807) is 11.8 Å². The molecular weight excluding hydrogens is 535 g/mol. The molecule has 12 heteroatoms. The lowest BCUT2D eigenvalue weighted by atomic mass is 9.86. The van der Waals surface area contributed by atoms with Crippen LogP contribution in [-0.2, 0) is 14.3 Å². The Morgan fingerprint density at radius 1 is 1.10 bits per heavy atom. The van der Waals surface area contributed by atoms with Crippen LogP contribution in [0.15, 0.2) is 29.0 Å². The third-order valence-corrected chi connectivity index (χ3v) is 6.22. The molecule has 1 aromatic carbocycles. The number of carbonyl (C=O) groups is 2. The minimum Gasteiger partial charge on any atom is -0.425 e. The molecule has 2 atom stereocenters. The maximum absolute atomic E-state index is 14.9. The predicted octanol–water partition coefficient (Wildman–Crippen LogP) is 6.95. The Balaban J connectivity index is 0.00000191. The Labute approximate surface area is 231 Å². The highest BCUT2D eigenvalue weighted by Gasteiger charge is 2.40. The van der Waals surface area contributed by atoms with Crippen LogP contribution in [0.25, 0.3) is 0 Å². The van der Waals surface area contributed by atoms with Gasteiger partial charge in [0.15, 0.2) is 17.5 Å². The van der Waals surface area contributed by atoms with Crippen molar-refractivity contribution < 1.29 is 36.3 Å². The molecule has 1 fully saturated rings. The van der Waals surface area contributed by atoms with Crippen molar-refractivity contribution in [3.05, 3.63) is 40.6 Å². The quantitative estimate of drug-likeness (QED) is 0.152. The van der Waals surface area contributed by atoms with Crippen molar-refractivity contribution in [2.75, 3.05) is 22.9 Å². The summed E-state index contributed by atoms with van der Waals surface area (Å²) in [6, 6.07) is 1.94. The first-order valence-electron chi connectivity index (χ1n) is 13.1. The number of hydrogen-bond acceptors (Lipinski definition) is 6. The number of rotatable bonds is 8. The predicted molar refractivity (Wildman–Crippen MR) is 145 cm³/mol. The molecule has 2 aliphatic rings. The van der Waals surface area contributed by atoms with E-state index in [1.807, 2.05) is 33.4 Å². The Morgan fingerprint density at radius 3 is 2.05 bits per heavy atom. The van der Waals surface area contributed by atoms with Crippen molar-refractivity contribution in [1.82, 2.24) is 0 Å². The number of hydrogen-bond donors (Lipinski definition) is 2. The van der Waals surface area contributed by atoms with Crippen LogP contribution in [0.3, 0.4) is 0 Å². The maximum Gasteiger partial charge on any atom is 0.420 e. The molecule has 1 heterocycles. The number of Topliss-reactive ketones (excluding diaryl/α,β-unsaturated/α-hetero) is 1. The summed E-state index contributed by atoms with van der Waals surface area (Å²) in [5.74, 6) is -3.76. The molecule has 1 amide bonds. The molecule has 0 radical (unpaired) electrons. The topological polar surface area (TPSA) is 97.6 Å². The molecular formula is C28H37F5N4O3. The summed E-state index contributed by atoms with van der Waals surface area (Å²) in [5.41, 5.74) is 0.789. The van der Waals surface area contributed by atoms with E-state index in [1.165, 1.54) is 6.92 Å². The fourth-order valence-electron chi connectivity index (χ4n) is 4.05. The minimum atomic E-state index is -4.50. The summed E-state index contributed by atoms with van der Waals surface area (Å²) < 4.78 is 72.3. The largest absolute Gasteiger partial charge is 0.425 e. The molecule has 0 aromatic heterocycles. The van der Waals surface area contributed by atoms with Crippen LogP contribution < -0.4 is 9.80 Å². The average molecular weight is 573 g/mol. The molecule has 0 spiro atoms. The molecule has 7 nitrogen and oxygen atoms in total. The van der Waals surface area contributed by atoms with Gasteiger partial charge in [0.2, 0.25) is 11.8 Å². The van der Waals surface area contributed by atoms with Gasteiger partial charge in [0, 0.05) is 56.9 Å². The smallest absolute Gasteiger partial charge is 0.420 e. The molecule has 3 rings (SSSR count). The lowest BCUT2D eigenvalue weighted by molar-refractivity contribution is -0.117. The highest BCUT2D eigenvalue weighted by Crippen LogP contribution is 2.38. The fraction of sp³-hybridized carbons (Fsp3) is 0.536. The van der Waals surface area contributed by atoms with E-state index in [0.29, 0.717) is 6.54 Å². The number of anilines is 2. The standard InChI is InChI=1S/C24H25F5N4O3.2C2H6/c1-12(34)4-5-32(14(3)35)22-19(25)9-18(10-20(22)26)33-11-16(13(33)2)8-21(30)36-23(31)15-6-17(7-15)24(27,28)29;2*1-2/h9-10,13,16,30-31H,4-6,8,11H2,1-3H3;2*1-2H3/t13-,16+;;/m1../s1. The van der Waals surface area contributed by atoms with Gasteiger partial charge in [0.1, 0.15) is 11.5 Å². The number of amides is 1. The number of nitrogens with zero attached hydrogens (tertiary/aromatic N) is 2. The number of alkyl halides is 3. The van der Waals surface area contributed by atoms with Gasteiger partial charge in [0.05, 0.1) is 11.1 Å². The number of benzene rings is 1. The highest BCUT2D eigenvalue weighted by atomic mass is 19.4. The monoisotopic (exact) mass is 572 g/mol. The molecule has 0 unspecified atom stereocenters. The van der Waals surface area contributed by atoms with Crippen molar-refractivity contribution in [1.29, 1.82) is 10.8 Å². The van der Waals surface area contributed by atoms with Crippen LogP contribution >= 0.6 is 0 Å². The second kappa shape index (κ2) is 14.7. The summed E-state index contributed by atoms with van der Waals surface area (Å²) in [4.78, 5) is 25.7. The zero-order valence-corrected chi connectivity index (χ0v) is 23.9. The van der Waals surface area contributed by atoms with Gasteiger partial charge in [-0.05, 0) is 26.0 Å². The SMILES string of the molecule is CC.CC.CC(=O)CCN(C(C)=O)c1c(F)cc(N2C[C@H](CC(=N)OC(=N)C3=C=C(C(F)(F)F)C3)[C@H]2C)cc1F. The highest BCUT2D eigenvalue weighted by molar-refractivity contribution is 6.00. The Morgan fingerprint density at radius 2 is 1.62 bits per heavy atom. The van der Waals surface area contributed by atoms with E-state index in [0.717, 1.165) is 24.0 Å².